The van der Waals surface area contributed by atoms with E-state index in [9.17, 15) is 9.59 Å². The van der Waals surface area contributed by atoms with E-state index in [1.807, 2.05) is 24.7 Å². The van der Waals surface area contributed by atoms with Crippen LogP contribution in [0.2, 0.25) is 0 Å². The SMILES string of the molecule is CCOC(=O)CN(CC(C)C)C(=O)c1ccn(C2CCCNC2)n1. The second-order valence-corrected chi connectivity index (χ2v) is 6.57. The summed E-state index contributed by atoms with van der Waals surface area (Å²) in [6, 6.07) is 2.01. The molecule has 7 nitrogen and oxygen atoms in total. The molecule has 134 valence electrons. The predicted octanol–water partition coefficient (Wildman–Crippen LogP) is 1.47. The summed E-state index contributed by atoms with van der Waals surface area (Å²) >= 11 is 0. The van der Waals surface area contributed by atoms with Crippen LogP contribution >= 0.6 is 0 Å². The molecule has 0 bridgehead atoms. The number of rotatable bonds is 7. The maximum atomic E-state index is 12.7. The predicted molar refractivity (Wildman–Crippen MR) is 90.7 cm³/mol. The summed E-state index contributed by atoms with van der Waals surface area (Å²) in [5.41, 5.74) is 0.380. The second kappa shape index (κ2) is 8.82. The van der Waals surface area contributed by atoms with E-state index in [2.05, 4.69) is 10.4 Å². The highest BCUT2D eigenvalue weighted by atomic mass is 16.5. The minimum absolute atomic E-state index is 0.0390. The van der Waals surface area contributed by atoms with Gasteiger partial charge in [0.05, 0.1) is 12.6 Å². The van der Waals surface area contributed by atoms with E-state index < -0.39 is 0 Å². The van der Waals surface area contributed by atoms with Crippen LogP contribution in [0.4, 0.5) is 0 Å². The number of hydrogen-bond donors (Lipinski definition) is 1. The highest BCUT2D eigenvalue weighted by molar-refractivity contribution is 5.94. The van der Waals surface area contributed by atoms with Crippen LogP contribution in [0.25, 0.3) is 0 Å². The number of nitrogens with one attached hydrogen (secondary N) is 1. The summed E-state index contributed by atoms with van der Waals surface area (Å²) < 4.78 is 6.83. The van der Waals surface area contributed by atoms with Crippen LogP contribution in [0.5, 0.6) is 0 Å². The number of carbonyl (C=O) groups excluding carboxylic acids is 2. The van der Waals surface area contributed by atoms with Crippen LogP contribution in [0, 0.1) is 5.92 Å². The number of piperidine rings is 1. The molecule has 1 fully saturated rings. The number of amides is 1. The first-order valence-electron chi connectivity index (χ1n) is 8.72. The van der Waals surface area contributed by atoms with Crippen molar-refractivity contribution in [1.29, 1.82) is 0 Å². The summed E-state index contributed by atoms with van der Waals surface area (Å²) in [7, 11) is 0. The summed E-state index contributed by atoms with van der Waals surface area (Å²) in [5.74, 6) is -0.352. The van der Waals surface area contributed by atoms with Crippen LogP contribution in [0.3, 0.4) is 0 Å². The van der Waals surface area contributed by atoms with Gasteiger partial charge in [-0.25, -0.2) is 0 Å². The highest BCUT2D eigenvalue weighted by Crippen LogP contribution is 2.16. The molecule has 1 saturated heterocycles. The zero-order valence-corrected chi connectivity index (χ0v) is 14.8. The Labute approximate surface area is 143 Å². The number of carbonyl (C=O) groups is 2. The first-order valence-corrected chi connectivity index (χ1v) is 8.72. The molecule has 1 aliphatic heterocycles. The van der Waals surface area contributed by atoms with Gasteiger partial charge in [0.1, 0.15) is 12.2 Å². The van der Waals surface area contributed by atoms with Crippen molar-refractivity contribution in [3.8, 4) is 0 Å². The zero-order valence-electron chi connectivity index (χ0n) is 14.8. The monoisotopic (exact) mass is 336 g/mol. The molecule has 1 unspecified atom stereocenters. The molecule has 2 rings (SSSR count). The molecule has 2 heterocycles. The van der Waals surface area contributed by atoms with Crippen LogP contribution in [0.15, 0.2) is 12.3 Å². The molecular weight excluding hydrogens is 308 g/mol. The van der Waals surface area contributed by atoms with E-state index >= 15 is 0 Å². The minimum Gasteiger partial charge on any atom is -0.465 e. The quantitative estimate of drug-likeness (QED) is 0.763. The number of esters is 1. The summed E-state index contributed by atoms with van der Waals surface area (Å²) in [6.45, 7) is 8.45. The van der Waals surface area contributed by atoms with E-state index in [0.717, 1.165) is 25.9 Å². The maximum absolute atomic E-state index is 12.7. The van der Waals surface area contributed by atoms with Gasteiger partial charge < -0.3 is 15.0 Å². The van der Waals surface area contributed by atoms with Crippen LogP contribution in [-0.4, -0.2) is 59.3 Å². The Hall–Kier alpha value is -1.89. The van der Waals surface area contributed by atoms with Crippen molar-refractivity contribution in [2.75, 3.05) is 32.8 Å². The fourth-order valence-electron chi connectivity index (χ4n) is 2.90. The third kappa shape index (κ3) is 5.06. The van der Waals surface area contributed by atoms with Gasteiger partial charge in [-0.15, -0.1) is 0 Å². The molecule has 1 aliphatic rings. The van der Waals surface area contributed by atoms with Gasteiger partial charge in [0.25, 0.3) is 5.91 Å². The number of ether oxygens (including phenoxy) is 1. The molecule has 0 spiro atoms. The largest absolute Gasteiger partial charge is 0.465 e. The van der Waals surface area contributed by atoms with Crippen molar-refractivity contribution in [3.63, 3.8) is 0 Å². The summed E-state index contributed by atoms with van der Waals surface area (Å²) in [4.78, 5) is 26.0. The van der Waals surface area contributed by atoms with Crippen molar-refractivity contribution < 1.29 is 14.3 Å². The van der Waals surface area contributed by atoms with Gasteiger partial charge in [0.15, 0.2) is 0 Å². The number of nitrogens with zero attached hydrogens (tertiary/aromatic N) is 3. The van der Waals surface area contributed by atoms with Gasteiger partial charge >= 0.3 is 5.97 Å². The minimum atomic E-state index is -0.387. The zero-order chi connectivity index (χ0) is 17.5. The molecule has 1 aromatic rings. The van der Waals surface area contributed by atoms with Crippen molar-refractivity contribution in [1.82, 2.24) is 20.0 Å². The standard InChI is InChI=1S/C17H28N4O3/c1-4-24-16(22)12-20(11-13(2)3)17(23)15-7-9-21(19-15)14-6-5-8-18-10-14/h7,9,13-14,18H,4-6,8,10-12H2,1-3H3. The number of hydrogen-bond acceptors (Lipinski definition) is 5. The molecule has 24 heavy (non-hydrogen) atoms. The lowest BCUT2D eigenvalue weighted by atomic mass is 10.1. The molecule has 1 atom stereocenters. The lowest BCUT2D eigenvalue weighted by molar-refractivity contribution is -0.143. The molecule has 7 heteroatoms. The smallest absolute Gasteiger partial charge is 0.325 e. The molecular formula is C17H28N4O3. The molecule has 1 amide bonds. The van der Waals surface area contributed by atoms with Crippen molar-refractivity contribution >= 4 is 11.9 Å². The van der Waals surface area contributed by atoms with E-state index in [1.165, 1.54) is 4.90 Å². The van der Waals surface area contributed by atoms with Crippen molar-refractivity contribution in [2.24, 2.45) is 5.92 Å². The van der Waals surface area contributed by atoms with Gasteiger partial charge in [-0.3, -0.25) is 14.3 Å². The Balaban J connectivity index is 2.07. The first-order chi connectivity index (χ1) is 11.5. The molecule has 1 N–H and O–H groups in total. The van der Waals surface area contributed by atoms with Crippen LogP contribution < -0.4 is 5.32 Å². The van der Waals surface area contributed by atoms with Gasteiger partial charge in [0, 0.05) is 19.3 Å². The molecule has 0 saturated carbocycles. The lowest BCUT2D eigenvalue weighted by Gasteiger charge is -2.24. The topological polar surface area (TPSA) is 76.5 Å². The Morgan fingerprint density at radius 3 is 2.92 bits per heavy atom. The van der Waals surface area contributed by atoms with E-state index in [-0.39, 0.29) is 30.4 Å². The Morgan fingerprint density at radius 1 is 1.50 bits per heavy atom. The fraction of sp³-hybridized carbons (Fsp3) is 0.706. The van der Waals surface area contributed by atoms with Gasteiger partial charge in [0.2, 0.25) is 0 Å². The second-order valence-electron chi connectivity index (χ2n) is 6.57. The van der Waals surface area contributed by atoms with Crippen LogP contribution in [0.1, 0.15) is 50.1 Å². The maximum Gasteiger partial charge on any atom is 0.325 e. The van der Waals surface area contributed by atoms with Crippen molar-refractivity contribution in [2.45, 2.75) is 39.7 Å². The number of aromatic nitrogens is 2. The van der Waals surface area contributed by atoms with E-state index in [1.54, 1.807) is 13.0 Å². The van der Waals surface area contributed by atoms with Gasteiger partial charge in [-0.2, -0.15) is 5.10 Å². The Morgan fingerprint density at radius 2 is 2.29 bits per heavy atom. The van der Waals surface area contributed by atoms with Crippen molar-refractivity contribution in [3.05, 3.63) is 18.0 Å². The third-order valence-corrected chi connectivity index (χ3v) is 3.97. The van der Waals surface area contributed by atoms with Gasteiger partial charge in [-0.1, -0.05) is 13.8 Å². The average Bonchev–Trinajstić information content (AvgIpc) is 3.04. The Bertz CT molecular complexity index is 550. The first kappa shape index (κ1) is 18.4. The van der Waals surface area contributed by atoms with Gasteiger partial charge in [-0.05, 0) is 38.3 Å². The summed E-state index contributed by atoms with van der Waals surface area (Å²) in [5, 5.41) is 7.79. The third-order valence-electron chi connectivity index (χ3n) is 3.97. The summed E-state index contributed by atoms with van der Waals surface area (Å²) in [6.07, 6.45) is 4.01. The normalized spacial score (nSPS) is 17.8. The van der Waals surface area contributed by atoms with E-state index in [4.69, 9.17) is 4.74 Å². The molecule has 0 radical (unpaired) electrons. The van der Waals surface area contributed by atoms with Crippen LogP contribution in [-0.2, 0) is 9.53 Å². The Kier molecular flexibility index (Phi) is 6.78. The average molecular weight is 336 g/mol. The fourth-order valence-corrected chi connectivity index (χ4v) is 2.90. The molecule has 1 aromatic heterocycles. The highest BCUT2D eigenvalue weighted by Gasteiger charge is 2.24. The van der Waals surface area contributed by atoms with E-state index in [0.29, 0.717) is 18.8 Å². The lowest BCUT2D eigenvalue weighted by Crippen LogP contribution is -2.39. The molecule has 0 aliphatic carbocycles. The molecule has 0 aromatic carbocycles.